The summed E-state index contributed by atoms with van der Waals surface area (Å²) < 4.78 is 1.58. The number of hydrogen-bond acceptors (Lipinski definition) is 2. The second-order valence-corrected chi connectivity index (χ2v) is 3.69. The summed E-state index contributed by atoms with van der Waals surface area (Å²) in [4.78, 5) is 11.8. The number of hydrogen-bond donors (Lipinski definition) is 0. The minimum Gasteiger partial charge on any atom is -0.286 e. The van der Waals surface area contributed by atoms with Gasteiger partial charge in [0.25, 0.3) is 0 Å². The SMILES string of the molecule is CCCC(=O)n1cc(C#N)c2ccccc21. The van der Waals surface area contributed by atoms with Gasteiger partial charge < -0.3 is 0 Å². The molecule has 3 nitrogen and oxygen atoms in total. The van der Waals surface area contributed by atoms with Gasteiger partial charge in [-0.2, -0.15) is 5.26 Å². The summed E-state index contributed by atoms with van der Waals surface area (Å²) in [6.45, 7) is 1.97. The van der Waals surface area contributed by atoms with Gasteiger partial charge in [-0.15, -0.1) is 0 Å². The Morgan fingerprint density at radius 2 is 2.19 bits per heavy atom. The highest BCUT2D eigenvalue weighted by molar-refractivity contribution is 5.95. The quantitative estimate of drug-likeness (QED) is 0.768. The molecule has 0 bridgehead atoms. The fraction of sp³-hybridized carbons (Fsp3) is 0.231. The van der Waals surface area contributed by atoms with Crippen molar-refractivity contribution >= 4 is 16.8 Å². The van der Waals surface area contributed by atoms with Crippen LogP contribution in [0.4, 0.5) is 0 Å². The zero-order chi connectivity index (χ0) is 11.5. The maximum absolute atomic E-state index is 11.8. The van der Waals surface area contributed by atoms with E-state index in [9.17, 15) is 4.79 Å². The Hall–Kier alpha value is -2.08. The lowest BCUT2D eigenvalue weighted by atomic mass is 10.2. The molecule has 0 fully saturated rings. The lowest BCUT2D eigenvalue weighted by Gasteiger charge is -2.01. The molecule has 1 heterocycles. The van der Waals surface area contributed by atoms with Crippen LogP contribution in [-0.4, -0.2) is 10.5 Å². The second-order valence-electron chi connectivity index (χ2n) is 3.69. The van der Waals surface area contributed by atoms with Crippen molar-refractivity contribution in [2.75, 3.05) is 0 Å². The third kappa shape index (κ3) is 1.59. The molecule has 0 aliphatic rings. The van der Waals surface area contributed by atoms with Gasteiger partial charge in [0.1, 0.15) is 6.07 Å². The van der Waals surface area contributed by atoms with Gasteiger partial charge in [-0.1, -0.05) is 25.1 Å². The van der Waals surface area contributed by atoms with E-state index in [4.69, 9.17) is 5.26 Å². The van der Waals surface area contributed by atoms with Crippen LogP contribution in [-0.2, 0) is 0 Å². The first-order valence-electron chi connectivity index (χ1n) is 5.31. The predicted octanol–water partition coefficient (Wildman–Crippen LogP) is 2.95. The average molecular weight is 212 g/mol. The van der Waals surface area contributed by atoms with Crippen LogP contribution in [0.3, 0.4) is 0 Å². The predicted molar refractivity (Wildman–Crippen MR) is 62.2 cm³/mol. The van der Waals surface area contributed by atoms with Crippen molar-refractivity contribution in [2.24, 2.45) is 0 Å². The number of benzene rings is 1. The molecule has 3 heteroatoms. The van der Waals surface area contributed by atoms with Crippen molar-refractivity contribution in [1.82, 2.24) is 4.57 Å². The van der Waals surface area contributed by atoms with Gasteiger partial charge in [-0.25, -0.2) is 0 Å². The van der Waals surface area contributed by atoms with Crippen LogP contribution in [0, 0.1) is 11.3 Å². The highest BCUT2D eigenvalue weighted by Gasteiger charge is 2.11. The Morgan fingerprint density at radius 3 is 2.88 bits per heavy atom. The van der Waals surface area contributed by atoms with E-state index in [1.54, 1.807) is 10.8 Å². The van der Waals surface area contributed by atoms with Gasteiger partial charge in [0.2, 0.25) is 5.91 Å². The second kappa shape index (κ2) is 4.19. The van der Waals surface area contributed by atoms with Crippen molar-refractivity contribution in [3.8, 4) is 6.07 Å². The third-order valence-electron chi connectivity index (χ3n) is 2.56. The van der Waals surface area contributed by atoms with Crippen molar-refractivity contribution in [3.63, 3.8) is 0 Å². The maximum Gasteiger partial charge on any atom is 0.231 e. The van der Waals surface area contributed by atoms with Crippen molar-refractivity contribution in [2.45, 2.75) is 19.8 Å². The summed E-state index contributed by atoms with van der Waals surface area (Å²) in [5, 5.41) is 9.83. The first-order valence-corrected chi connectivity index (χ1v) is 5.31. The minimum atomic E-state index is 0.0419. The summed E-state index contributed by atoms with van der Waals surface area (Å²) in [5.74, 6) is 0.0419. The van der Waals surface area contributed by atoms with E-state index in [-0.39, 0.29) is 5.91 Å². The van der Waals surface area contributed by atoms with E-state index < -0.39 is 0 Å². The highest BCUT2D eigenvalue weighted by atomic mass is 16.2. The molecule has 0 spiro atoms. The molecule has 0 aliphatic carbocycles. The van der Waals surface area contributed by atoms with E-state index in [0.717, 1.165) is 17.3 Å². The van der Waals surface area contributed by atoms with Gasteiger partial charge in [0.15, 0.2) is 0 Å². The zero-order valence-electron chi connectivity index (χ0n) is 9.10. The van der Waals surface area contributed by atoms with Gasteiger partial charge in [-0.05, 0) is 12.5 Å². The molecule has 2 rings (SSSR count). The molecular weight excluding hydrogens is 200 g/mol. The Morgan fingerprint density at radius 1 is 1.44 bits per heavy atom. The van der Waals surface area contributed by atoms with Crippen molar-refractivity contribution < 1.29 is 4.79 Å². The summed E-state index contributed by atoms with van der Waals surface area (Å²) >= 11 is 0. The summed E-state index contributed by atoms with van der Waals surface area (Å²) in [7, 11) is 0. The van der Waals surface area contributed by atoms with E-state index in [1.165, 1.54) is 0 Å². The normalized spacial score (nSPS) is 10.2. The van der Waals surface area contributed by atoms with Gasteiger partial charge in [0.05, 0.1) is 11.1 Å². The summed E-state index contributed by atoms with van der Waals surface area (Å²) in [6.07, 6.45) is 2.94. The van der Waals surface area contributed by atoms with Crippen molar-refractivity contribution in [3.05, 3.63) is 36.0 Å². The van der Waals surface area contributed by atoms with Crippen LogP contribution in [0.1, 0.15) is 30.1 Å². The smallest absolute Gasteiger partial charge is 0.231 e. The topological polar surface area (TPSA) is 45.8 Å². The highest BCUT2D eigenvalue weighted by Crippen LogP contribution is 2.20. The minimum absolute atomic E-state index is 0.0419. The van der Waals surface area contributed by atoms with Crippen LogP contribution in [0.25, 0.3) is 10.9 Å². The molecule has 0 aliphatic heterocycles. The molecule has 2 aromatic rings. The number of carbonyl (C=O) groups excluding carboxylic acids is 1. The largest absolute Gasteiger partial charge is 0.286 e. The van der Waals surface area contributed by atoms with Gasteiger partial charge >= 0.3 is 0 Å². The van der Waals surface area contributed by atoms with Crippen LogP contribution in [0.2, 0.25) is 0 Å². The standard InChI is InChI=1S/C13H12N2O/c1-2-5-13(16)15-9-10(8-14)11-6-3-4-7-12(11)15/h3-4,6-7,9H,2,5H2,1H3. The molecule has 0 saturated heterocycles. The molecule has 0 radical (unpaired) electrons. The lowest BCUT2D eigenvalue weighted by molar-refractivity contribution is 0.0907. The van der Waals surface area contributed by atoms with E-state index in [2.05, 4.69) is 6.07 Å². The number of carbonyl (C=O) groups is 1. The summed E-state index contributed by atoms with van der Waals surface area (Å²) in [6, 6.07) is 9.59. The fourth-order valence-corrected chi connectivity index (χ4v) is 1.81. The number of fused-ring (bicyclic) bond motifs is 1. The lowest BCUT2D eigenvalue weighted by Crippen LogP contribution is -2.07. The Bertz CT molecular complexity index is 575. The summed E-state index contributed by atoms with van der Waals surface area (Å²) in [5.41, 5.74) is 1.37. The van der Waals surface area contributed by atoms with E-state index in [1.807, 2.05) is 31.2 Å². The molecule has 0 unspecified atom stereocenters. The molecule has 0 saturated carbocycles. The molecule has 0 atom stereocenters. The number of aromatic nitrogens is 1. The molecule has 0 amide bonds. The zero-order valence-corrected chi connectivity index (χ0v) is 9.10. The van der Waals surface area contributed by atoms with Crippen LogP contribution in [0.5, 0.6) is 0 Å². The Kier molecular flexibility index (Phi) is 2.74. The number of rotatable bonds is 2. The van der Waals surface area contributed by atoms with Crippen LogP contribution < -0.4 is 0 Å². The first-order chi connectivity index (χ1) is 7.77. The van der Waals surface area contributed by atoms with Gasteiger partial charge in [0, 0.05) is 18.0 Å². The monoisotopic (exact) mass is 212 g/mol. The van der Waals surface area contributed by atoms with Crippen LogP contribution >= 0.6 is 0 Å². The molecule has 1 aromatic heterocycles. The molecular formula is C13H12N2O. The number of para-hydroxylation sites is 1. The third-order valence-corrected chi connectivity index (χ3v) is 2.56. The van der Waals surface area contributed by atoms with Crippen molar-refractivity contribution in [1.29, 1.82) is 5.26 Å². The van der Waals surface area contributed by atoms with E-state index >= 15 is 0 Å². The van der Waals surface area contributed by atoms with E-state index in [0.29, 0.717) is 12.0 Å². The average Bonchev–Trinajstić information content (AvgIpc) is 2.68. The Balaban J connectivity index is 2.63. The van der Waals surface area contributed by atoms with Gasteiger partial charge in [-0.3, -0.25) is 9.36 Å². The first kappa shape index (κ1) is 10.4. The number of nitriles is 1. The molecule has 0 N–H and O–H groups in total. The Labute approximate surface area is 93.9 Å². The van der Waals surface area contributed by atoms with Crippen LogP contribution in [0.15, 0.2) is 30.5 Å². The molecule has 80 valence electrons. The molecule has 1 aromatic carbocycles. The number of nitrogens with zero attached hydrogens (tertiary/aromatic N) is 2. The molecule has 16 heavy (non-hydrogen) atoms. The maximum atomic E-state index is 11.8. The fourth-order valence-electron chi connectivity index (χ4n) is 1.81.